The number of rotatable bonds is 5. The lowest BCUT2D eigenvalue weighted by Crippen LogP contribution is -2.43. The molecule has 0 aromatic heterocycles. The molecule has 2 aliphatic rings. The van der Waals surface area contributed by atoms with E-state index in [1.807, 2.05) is 4.90 Å². The van der Waals surface area contributed by atoms with Crippen LogP contribution in [0.15, 0.2) is 0 Å². The zero-order chi connectivity index (χ0) is 11.4. The Kier molecular flexibility index (Phi) is 4.18. The molecular formula is C12H22N2O2. The van der Waals surface area contributed by atoms with Crippen LogP contribution in [0.4, 0.5) is 0 Å². The van der Waals surface area contributed by atoms with Crippen molar-refractivity contribution in [3.8, 4) is 0 Å². The number of ether oxygens (including phenoxy) is 1. The molecule has 0 spiro atoms. The minimum Gasteiger partial charge on any atom is -0.375 e. The fourth-order valence-electron chi connectivity index (χ4n) is 2.41. The molecule has 1 aliphatic carbocycles. The number of carbonyl (C=O) groups excluding carboxylic acids is 1. The first kappa shape index (κ1) is 11.9. The lowest BCUT2D eigenvalue weighted by molar-refractivity contribution is -0.136. The van der Waals surface area contributed by atoms with Crippen LogP contribution >= 0.6 is 0 Å². The van der Waals surface area contributed by atoms with E-state index in [0.717, 1.165) is 19.6 Å². The second-order valence-corrected chi connectivity index (χ2v) is 4.92. The molecule has 2 fully saturated rings. The van der Waals surface area contributed by atoms with Gasteiger partial charge in [-0.1, -0.05) is 0 Å². The third-order valence-corrected chi connectivity index (χ3v) is 3.43. The zero-order valence-electron chi connectivity index (χ0n) is 10.1. The third kappa shape index (κ3) is 3.19. The normalized spacial score (nSPS) is 25.4. The highest BCUT2D eigenvalue weighted by Gasteiger charge is 2.33. The molecule has 1 N–H and O–H groups in total. The SMILES string of the molecule is COCC(=O)N(CC1CCCNC1)C1CC1. The molecule has 4 nitrogen and oxygen atoms in total. The van der Waals surface area contributed by atoms with Crippen molar-refractivity contribution in [1.82, 2.24) is 10.2 Å². The predicted octanol–water partition coefficient (Wildman–Crippen LogP) is 0.623. The van der Waals surface area contributed by atoms with E-state index in [1.165, 1.54) is 25.7 Å². The van der Waals surface area contributed by atoms with Gasteiger partial charge >= 0.3 is 0 Å². The van der Waals surface area contributed by atoms with Crippen LogP contribution < -0.4 is 5.32 Å². The summed E-state index contributed by atoms with van der Waals surface area (Å²) < 4.78 is 4.94. The molecule has 2 rings (SSSR count). The Bertz CT molecular complexity index is 235. The van der Waals surface area contributed by atoms with Crippen LogP contribution in [0.1, 0.15) is 25.7 Å². The Morgan fingerprint density at radius 1 is 1.44 bits per heavy atom. The highest BCUT2D eigenvalue weighted by atomic mass is 16.5. The van der Waals surface area contributed by atoms with E-state index in [2.05, 4.69) is 5.32 Å². The van der Waals surface area contributed by atoms with Gasteiger partial charge in [0.15, 0.2) is 0 Å². The number of amides is 1. The lowest BCUT2D eigenvalue weighted by atomic mass is 9.99. The van der Waals surface area contributed by atoms with Gasteiger partial charge in [0.1, 0.15) is 6.61 Å². The van der Waals surface area contributed by atoms with Crippen molar-refractivity contribution in [3.63, 3.8) is 0 Å². The molecule has 1 aliphatic heterocycles. The maximum atomic E-state index is 11.9. The van der Waals surface area contributed by atoms with Gasteiger partial charge in [0.2, 0.25) is 5.91 Å². The predicted molar refractivity (Wildman–Crippen MR) is 62.2 cm³/mol. The van der Waals surface area contributed by atoms with E-state index in [4.69, 9.17) is 4.74 Å². The Labute approximate surface area is 97.3 Å². The van der Waals surface area contributed by atoms with Gasteiger partial charge in [-0.2, -0.15) is 0 Å². The van der Waals surface area contributed by atoms with E-state index in [0.29, 0.717) is 12.0 Å². The molecule has 16 heavy (non-hydrogen) atoms. The topological polar surface area (TPSA) is 41.6 Å². The van der Waals surface area contributed by atoms with E-state index < -0.39 is 0 Å². The molecule has 1 atom stereocenters. The minimum atomic E-state index is 0.163. The van der Waals surface area contributed by atoms with Crippen LogP contribution in [0.2, 0.25) is 0 Å². The van der Waals surface area contributed by atoms with Gasteiger partial charge in [-0.3, -0.25) is 4.79 Å². The van der Waals surface area contributed by atoms with Crippen LogP contribution in [-0.2, 0) is 9.53 Å². The molecular weight excluding hydrogens is 204 g/mol. The van der Waals surface area contributed by atoms with Gasteiger partial charge in [0.05, 0.1) is 0 Å². The molecule has 92 valence electrons. The van der Waals surface area contributed by atoms with Gasteiger partial charge < -0.3 is 15.0 Å². The largest absolute Gasteiger partial charge is 0.375 e. The molecule has 0 aromatic carbocycles. The molecule has 1 saturated heterocycles. The molecule has 0 bridgehead atoms. The molecule has 0 aromatic rings. The summed E-state index contributed by atoms with van der Waals surface area (Å²) in [6.07, 6.45) is 4.84. The zero-order valence-corrected chi connectivity index (χ0v) is 10.1. The number of hydrogen-bond acceptors (Lipinski definition) is 3. The van der Waals surface area contributed by atoms with E-state index in [-0.39, 0.29) is 12.5 Å². The average Bonchev–Trinajstić information content (AvgIpc) is 3.11. The van der Waals surface area contributed by atoms with Crippen LogP contribution in [0.3, 0.4) is 0 Å². The van der Waals surface area contributed by atoms with Crippen molar-refractivity contribution in [3.05, 3.63) is 0 Å². The van der Waals surface area contributed by atoms with Crippen molar-refractivity contribution in [2.24, 2.45) is 5.92 Å². The van der Waals surface area contributed by atoms with Gasteiger partial charge in [-0.05, 0) is 44.7 Å². The van der Waals surface area contributed by atoms with Crippen molar-refractivity contribution < 1.29 is 9.53 Å². The lowest BCUT2D eigenvalue weighted by Gasteiger charge is -2.30. The quantitative estimate of drug-likeness (QED) is 0.747. The monoisotopic (exact) mass is 226 g/mol. The van der Waals surface area contributed by atoms with Crippen LogP contribution in [0, 0.1) is 5.92 Å². The van der Waals surface area contributed by atoms with Gasteiger partial charge in [-0.25, -0.2) is 0 Å². The van der Waals surface area contributed by atoms with Gasteiger partial charge in [0, 0.05) is 19.7 Å². The smallest absolute Gasteiger partial charge is 0.248 e. The van der Waals surface area contributed by atoms with Crippen molar-refractivity contribution >= 4 is 5.91 Å². The first-order chi connectivity index (χ1) is 7.81. The van der Waals surface area contributed by atoms with Crippen LogP contribution in [0.25, 0.3) is 0 Å². The van der Waals surface area contributed by atoms with E-state index >= 15 is 0 Å². The first-order valence-corrected chi connectivity index (χ1v) is 6.30. The average molecular weight is 226 g/mol. The van der Waals surface area contributed by atoms with E-state index in [1.54, 1.807) is 7.11 Å². The van der Waals surface area contributed by atoms with Crippen LogP contribution in [0.5, 0.6) is 0 Å². The summed E-state index contributed by atoms with van der Waals surface area (Å²) in [7, 11) is 1.59. The number of nitrogens with zero attached hydrogens (tertiary/aromatic N) is 1. The molecule has 4 heteroatoms. The standard InChI is InChI=1S/C12H22N2O2/c1-16-9-12(15)14(11-4-5-11)8-10-3-2-6-13-7-10/h10-11,13H,2-9H2,1H3. The maximum Gasteiger partial charge on any atom is 0.248 e. The summed E-state index contributed by atoms with van der Waals surface area (Å²) in [5.74, 6) is 0.797. The summed E-state index contributed by atoms with van der Waals surface area (Å²) in [6, 6.07) is 0.504. The second-order valence-electron chi connectivity index (χ2n) is 4.92. The summed E-state index contributed by atoms with van der Waals surface area (Å²) in [4.78, 5) is 13.9. The number of methoxy groups -OCH3 is 1. The number of nitrogens with one attached hydrogen (secondary N) is 1. The molecule has 1 unspecified atom stereocenters. The van der Waals surface area contributed by atoms with Crippen molar-refractivity contribution in [2.45, 2.75) is 31.7 Å². The fourth-order valence-corrected chi connectivity index (χ4v) is 2.41. The highest BCUT2D eigenvalue weighted by Crippen LogP contribution is 2.28. The minimum absolute atomic E-state index is 0.163. The fraction of sp³-hybridized carbons (Fsp3) is 0.917. The number of hydrogen-bond donors (Lipinski definition) is 1. The Morgan fingerprint density at radius 3 is 2.81 bits per heavy atom. The maximum absolute atomic E-state index is 11.9. The molecule has 1 amide bonds. The van der Waals surface area contributed by atoms with E-state index in [9.17, 15) is 4.79 Å². The molecule has 1 saturated carbocycles. The van der Waals surface area contributed by atoms with Gasteiger partial charge in [-0.15, -0.1) is 0 Å². The molecule has 0 radical (unpaired) electrons. The second kappa shape index (κ2) is 5.64. The Balaban J connectivity index is 1.83. The number of carbonyl (C=O) groups is 1. The van der Waals surface area contributed by atoms with Gasteiger partial charge in [0.25, 0.3) is 0 Å². The summed E-state index contributed by atoms with van der Waals surface area (Å²) in [5.41, 5.74) is 0. The third-order valence-electron chi connectivity index (χ3n) is 3.43. The summed E-state index contributed by atoms with van der Waals surface area (Å²) in [6.45, 7) is 3.34. The summed E-state index contributed by atoms with van der Waals surface area (Å²) in [5, 5.41) is 3.40. The number of piperidine rings is 1. The Morgan fingerprint density at radius 2 is 2.25 bits per heavy atom. The summed E-state index contributed by atoms with van der Waals surface area (Å²) >= 11 is 0. The van der Waals surface area contributed by atoms with Crippen LogP contribution in [-0.4, -0.2) is 50.2 Å². The van der Waals surface area contributed by atoms with Crippen molar-refractivity contribution in [1.29, 1.82) is 0 Å². The highest BCUT2D eigenvalue weighted by molar-refractivity contribution is 5.78. The molecule has 1 heterocycles. The first-order valence-electron chi connectivity index (χ1n) is 6.30. The Hall–Kier alpha value is -0.610. The van der Waals surface area contributed by atoms with Crippen molar-refractivity contribution in [2.75, 3.05) is 33.4 Å².